The highest BCUT2D eigenvalue weighted by molar-refractivity contribution is 6.06. The predicted octanol–water partition coefficient (Wildman–Crippen LogP) is 3.06. The van der Waals surface area contributed by atoms with Crippen molar-refractivity contribution in [2.24, 2.45) is 0 Å². The van der Waals surface area contributed by atoms with Crippen molar-refractivity contribution in [1.82, 2.24) is 9.80 Å². The summed E-state index contributed by atoms with van der Waals surface area (Å²) < 4.78 is 0. The van der Waals surface area contributed by atoms with Gasteiger partial charge in [0.1, 0.15) is 0 Å². The average molecular weight is 351 g/mol. The summed E-state index contributed by atoms with van der Waals surface area (Å²) in [6.07, 6.45) is 6.25. The van der Waals surface area contributed by atoms with Gasteiger partial charge in [-0.3, -0.25) is 9.69 Å². The number of anilines is 1. The molecule has 26 heavy (non-hydrogen) atoms. The molecule has 1 fully saturated rings. The normalized spacial score (nSPS) is 24.7. The van der Waals surface area contributed by atoms with Crippen molar-refractivity contribution in [2.45, 2.75) is 32.1 Å². The van der Waals surface area contributed by atoms with Crippen LogP contribution in [0.3, 0.4) is 0 Å². The molecule has 3 amide bonds. The Kier molecular flexibility index (Phi) is 3.72. The number of aryl methyl sites for hydroxylation is 1. The van der Waals surface area contributed by atoms with Crippen LogP contribution in [-0.4, -0.2) is 48.9 Å². The van der Waals surface area contributed by atoms with Crippen molar-refractivity contribution in [3.63, 3.8) is 0 Å². The van der Waals surface area contributed by atoms with E-state index >= 15 is 0 Å². The molecule has 0 spiro atoms. The number of para-hydroxylation sites is 1. The zero-order chi connectivity index (χ0) is 18.6. The van der Waals surface area contributed by atoms with Crippen molar-refractivity contribution in [2.75, 3.05) is 32.1 Å². The Bertz CT molecular complexity index is 866. The molecule has 1 saturated heterocycles. The number of benzene rings is 1. The zero-order valence-electron chi connectivity index (χ0n) is 15.9. The molecule has 0 bridgehead atoms. The highest BCUT2D eigenvalue weighted by atomic mass is 16.2. The van der Waals surface area contributed by atoms with Gasteiger partial charge in [0.15, 0.2) is 0 Å². The Hall–Kier alpha value is -2.56. The smallest absolute Gasteiger partial charge is 0.326 e. The molecule has 4 rings (SSSR count). The number of hydrogen-bond donors (Lipinski definition) is 0. The van der Waals surface area contributed by atoms with Crippen LogP contribution in [0.15, 0.2) is 41.6 Å². The number of imide groups is 1. The second kappa shape index (κ2) is 5.73. The molecule has 0 unspecified atom stereocenters. The fourth-order valence-electron chi connectivity index (χ4n) is 4.42. The lowest BCUT2D eigenvalue weighted by atomic mass is 9.83. The van der Waals surface area contributed by atoms with Gasteiger partial charge in [-0.15, -0.1) is 0 Å². The summed E-state index contributed by atoms with van der Waals surface area (Å²) in [7, 11) is 3.26. The second-order valence-electron chi connectivity index (χ2n) is 7.94. The van der Waals surface area contributed by atoms with Gasteiger partial charge >= 0.3 is 6.03 Å². The molecule has 3 aliphatic heterocycles. The predicted molar refractivity (Wildman–Crippen MR) is 102 cm³/mol. The molecular formula is C21H25N3O2. The number of carbonyl (C=O) groups is 2. The van der Waals surface area contributed by atoms with Gasteiger partial charge in [0, 0.05) is 43.0 Å². The topological polar surface area (TPSA) is 43.9 Å². The Morgan fingerprint density at radius 1 is 1.12 bits per heavy atom. The van der Waals surface area contributed by atoms with E-state index in [-0.39, 0.29) is 17.4 Å². The minimum absolute atomic E-state index is 0.0991. The van der Waals surface area contributed by atoms with Gasteiger partial charge in [-0.25, -0.2) is 4.79 Å². The number of hydrogen-bond acceptors (Lipinski definition) is 3. The van der Waals surface area contributed by atoms with E-state index in [9.17, 15) is 9.59 Å². The van der Waals surface area contributed by atoms with Crippen LogP contribution in [0.5, 0.6) is 0 Å². The number of likely N-dealkylation sites (N-methyl/N-ethyl adjacent to an activating group) is 2. The summed E-state index contributed by atoms with van der Waals surface area (Å²) in [5.74, 6) is -0.211. The summed E-state index contributed by atoms with van der Waals surface area (Å²) in [6.45, 7) is 5.85. The second-order valence-corrected chi connectivity index (χ2v) is 7.94. The standard InChI is InChI=1S/C21H25N3O2/c1-21(2)16-9-5-7-14-8-6-12-24(18(14)16)17(21)11-10-15-13-22(3)20(26)23(4)19(15)25/h5,7,9-11H,6,8,12-13H2,1-4H3/b15-10+,17-11+. The van der Waals surface area contributed by atoms with Gasteiger partial charge in [0.05, 0.1) is 6.54 Å². The third kappa shape index (κ3) is 2.30. The lowest BCUT2D eigenvalue weighted by Crippen LogP contribution is -2.49. The Balaban J connectivity index is 1.75. The maximum Gasteiger partial charge on any atom is 0.326 e. The molecule has 5 nitrogen and oxygen atoms in total. The maximum absolute atomic E-state index is 12.4. The van der Waals surface area contributed by atoms with Gasteiger partial charge in [-0.1, -0.05) is 32.0 Å². The molecule has 0 aromatic heterocycles. The van der Waals surface area contributed by atoms with Crippen LogP contribution in [0.1, 0.15) is 31.4 Å². The molecule has 3 aliphatic rings. The van der Waals surface area contributed by atoms with Crippen molar-refractivity contribution in [3.8, 4) is 0 Å². The number of rotatable bonds is 1. The van der Waals surface area contributed by atoms with E-state index in [0.717, 1.165) is 19.4 Å². The molecule has 0 saturated carbocycles. The van der Waals surface area contributed by atoms with Gasteiger partial charge in [0.2, 0.25) is 0 Å². The first-order valence-electron chi connectivity index (χ1n) is 9.16. The van der Waals surface area contributed by atoms with Crippen molar-refractivity contribution in [1.29, 1.82) is 0 Å². The largest absolute Gasteiger partial charge is 0.344 e. The quantitative estimate of drug-likeness (QED) is 0.731. The third-order valence-electron chi connectivity index (χ3n) is 5.86. The van der Waals surface area contributed by atoms with Gasteiger partial charge in [-0.2, -0.15) is 0 Å². The molecule has 1 aromatic carbocycles. The van der Waals surface area contributed by atoms with E-state index < -0.39 is 0 Å². The molecule has 1 aromatic rings. The lowest BCUT2D eigenvalue weighted by Gasteiger charge is -2.31. The van der Waals surface area contributed by atoms with Crippen LogP contribution >= 0.6 is 0 Å². The van der Waals surface area contributed by atoms with Crippen molar-refractivity contribution >= 4 is 17.6 Å². The number of amides is 3. The monoisotopic (exact) mass is 351 g/mol. The van der Waals surface area contributed by atoms with Crippen molar-refractivity contribution < 1.29 is 9.59 Å². The van der Waals surface area contributed by atoms with Crippen LogP contribution in [0.25, 0.3) is 0 Å². The van der Waals surface area contributed by atoms with Crippen LogP contribution in [0.4, 0.5) is 10.5 Å². The molecule has 0 aliphatic carbocycles. The van der Waals surface area contributed by atoms with E-state index in [1.165, 1.54) is 34.5 Å². The molecule has 136 valence electrons. The maximum atomic E-state index is 12.4. The van der Waals surface area contributed by atoms with E-state index in [2.05, 4.69) is 43.0 Å². The Morgan fingerprint density at radius 2 is 1.88 bits per heavy atom. The van der Waals surface area contributed by atoms with Gasteiger partial charge < -0.3 is 9.80 Å². The number of urea groups is 1. The first-order chi connectivity index (χ1) is 12.3. The minimum atomic E-state index is -0.255. The van der Waals surface area contributed by atoms with E-state index in [0.29, 0.717) is 12.1 Å². The Labute approximate surface area is 154 Å². The average Bonchev–Trinajstić information content (AvgIpc) is 2.84. The SMILES string of the molecule is CN1C/C(=C\C=C2\N3CCCc4cccc(c43)C2(C)C)C(=O)N(C)C1=O. The van der Waals surface area contributed by atoms with Crippen LogP contribution in [0, 0.1) is 0 Å². The van der Waals surface area contributed by atoms with Crippen LogP contribution < -0.4 is 4.90 Å². The van der Waals surface area contributed by atoms with Crippen molar-refractivity contribution in [3.05, 3.63) is 52.7 Å². The highest BCUT2D eigenvalue weighted by Crippen LogP contribution is 2.50. The molecule has 0 atom stereocenters. The number of carbonyl (C=O) groups excluding carboxylic acids is 2. The van der Waals surface area contributed by atoms with Crippen LogP contribution in [0.2, 0.25) is 0 Å². The zero-order valence-corrected chi connectivity index (χ0v) is 15.9. The molecule has 3 heterocycles. The van der Waals surface area contributed by atoms with Gasteiger partial charge in [0.25, 0.3) is 5.91 Å². The fraction of sp³-hybridized carbons (Fsp3) is 0.429. The first kappa shape index (κ1) is 16.9. The summed E-state index contributed by atoms with van der Waals surface area (Å²) in [5, 5.41) is 0. The van der Waals surface area contributed by atoms with Gasteiger partial charge in [-0.05, 0) is 36.1 Å². The third-order valence-corrected chi connectivity index (χ3v) is 5.86. The highest BCUT2D eigenvalue weighted by Gasteiger charge is 2.42. The van der Waals surface area contributed by atoms with Crippen LogP contribution in [-0.2, 0) is 16.6 Å². The fourth-order valence-corrected chi connectivity index (χ4v) is 4.42. The summed E-state index contributed by atoms with van der Waals surface area (Å²) in [6, 6.07) is 6.34. The summed E-state index contributed by atoms with van der Waals surface area (Å²) >= 11 is 0. The molecule has 5 heteroatoms. The van der Waals surface area contributed by atoms with E-state index in [1.54, 1.807) is 11.9 Å². The van der Waals surface area contributed by atoms with E-state index in [1.807, 2.05) is 6.08 Å². The first-order valence-corrected chi connectivity index (χ1v) is 9.16. The minimum Gasteiger partial charge on any atom is -0.344 e. The number of nitrogens with zero attached hydrogens (tertiary/aromatic N) is 3. The van der Waals surface area contributed by atoms with E-state index in [4.69, 9.17) is 0 Å². The Morgan fingerprint density at radius 3 is 2.65 bits per heavy atom. The molecule has 0 N–H and O–H groups in total. The number of allylic oxidation sites excluding steroid dienone is 3. The molecule has 0 radical (unpaired) electrons. The lowest BCUT2D eigenvalue weighted by molar-refractivity contribution is -0.125. The molecular weight excluding hydrogens is 326 g/mol. The summed E-state index contributed by atoms with van der Waals surface area (Å²) in [4.78, 5) is 29.5. The summed E-state index contributed by atoms with van der Waals surface area (Å²) in [5.41, 5.74) is 5.90.